The van der Waals surface area contributed by atoms with Crippen LogP contribution < -0.4 is 10.6 Å². The van der Waals surface area contributed by atoms with Gasteiger partial charge in [-0.1, -0.05) is 68.3 Å². The van der Waals surface area contributed by atoms with Crippen LogP contribution in [-0.2, 0) is 11.3 Å². The maximum absolute atomic E-state index is 13.5. The molecule has 0 saturated heterocycles. The lowest BCUT2D eigenvalue weighted by atomic mass is 9.86. The molecule has 7 nitrogen and oxygen atoms in total. The number of rotatable bonds is 9. The molecule has 0 bridgehead atoms. The van der Waals surface area contributed by atoms with Crippen LogP contribution in [0.2, 0.25) is 0 Å². The summed E-state index contributed by atoms with van der Waals surface area (Å²) >= 11 is 0. The number of carboxylic acid groups (broad SMARTS) is 1. The molecule has 0 atom stereocenters. The van der Waals surface area contributed by atoms with Gasteiger partial charge in [0, 0.05) is 23.5 Å². The number of carboxylic acids is 1. The highest BCUT2D eigenvalue weighted by atomic mass is 16.4. The van der Waals surface area contributed by atoms with E-state index in [-0.39, 0.29) is 30.8 Å². The predicted octanol–water partition coefficient (Wildman–Crippen LogP) is 6.17. The first-order valence-electron chi connectivity index (χ1n) is 12.8. The van der Waals surface area contributed by atoms with Crippen LogP contribution in [0.25, 0.3) is 10.8 Å². The van der Waals surface area contributed by atoms with Crippen molar-refractivity contribution in [1.29, 1.82) is 0 Å². The fraction of sp³-hybridized carbons (Fsp3) is 0.300. The second kappa shape index (κ2) is 12.2. The minimum Gasteiger partial charge on any atom is -0.481 e. The van der Waals surface area contributed by atoms with E-state index >= 15 is 0 Å². The van der Waals surface area contributed by atoms with Crippen molar-refractivity contribution in [3.8, 4) is 0 Å². The zero-order valence-electron chi connectivity index (χ0n) is 20.9. The van der Waals surface area contributed by atoms with E-state index in [0.29, 0.717) is 12.1 Å². The Hall–Kier alpha value is -4.13. The minimum absolute atomic E-state index is 0.0693. The number of nitrogens with zero attached hydrogens (tertiary/aromatic N) is 1. The Morgan fingerprint density at radius 1 is 0.919 bits per heavy atom. The van der Waals surface area contributed by atoms with Crippen molar-refractivity contribution in [2.45, 2.75) is 45.1 Å². The third kappa shape index (κ3) is 6.97. The lowest BCUT2D eigenvalue weighted by Crippen LogP contribution is -2.36. The molecule has 0 radical (unpaired) electrons. The molecular formula is C30H33N3O4. The highest BCUT2D eigenvalue weighted by Crippen LogP contribution is 2.32. The summed E-state index contributed by atoms with van der Waals surface area (Å²) in [6.07, 6.45) is 5.39. The quantitative estimate of drug-likeness (QED) is 0.328. The van der Waals surface area contributed by atoms with E-state index in [2.05, 4.69) is 17.2 Å². The van der Waals surface area contributed by atoms with Crippen molar-refractivity contribution in [2.75, 3.05) is 11.9 Å². The van der Waals surface area contributed by atoms with Crippen LogP contribution in [0.15, 0.2) is 79.0 Å². The molecule has 3 N–H and O–H groups in total. The van der Waals surface area contributed by atoms with Crippen LogP contribution in [0.1, 0.15) is 54.4 Å². The van der Waals surface area contributed by atoms with Gasteiger partial charge in [-0.15, -0.1) is 0 Å². The highest BCUT2D eigenvalue weighted by Gasteiger charge is 2.25. The number of amides is 3. The summed E-state index contributed by atoms with van der Waals surface area (Å²) in [5.41, 5.74) is 2.84. The smallest absolute Gasteiger partial charge is 0.326 e. The molecule has 3 aromatic carbocycles. The molecule has 0 aromatic heterocycles. The molecule has 192 valence electrons. The van der Waals surface area contributed by atoms with E-state index < -0.39 is 5.97 Å². The average molecular weight is 500 g/mol. The number of aliphatic carboxylic acids is 1. The number of carbonyl (C=O) groups excluding carboxylic acids is 2. The first-order chi connectivity index (χ1) is 17.9. The normalized spacial score (nSPS) is 13.6. The summed E-state index contributed by atoms with van der Waals surface area (Å²) in [5.74, 6) is -1.03. The lowest BCUT2D eigenvalue weighted by Gasteiger charge is -2.32. The van der Waals surface area contributed by atoms with Crippen molar-refractivity contribution in [1.82, 2.24) is 10.2 Å². The molecule has 0 unspecified atom stereocenters. The fourth-order valence-electron chi connectivity index (χ4n) is 4.75. The summed E-state index contributed by atoms with van der Waals surface area (Å²) in [7, 11) is 0. The first kappa shape index (κ1) is 25.9. The molecule has 0 aliphatic heterocycles. The van der Waals surface area contributed by atoms with Crippen LogP contribution in [0.3, 0.4) is 0 Å². The van der Waals surface area contributed by atoms with Crippen LogP contribution in [0.4, 0.5) is 10.5 Å². The van der Waals surface area contributed by atoms with Gasteiger partial charge in [-0.3, -0.25) is 14.5 Å². The topological polar surface area (TPSA) is 98.7 Å². The summed E-state index contributed by atoms with van der Waals surface area (Å²) in [6, 6.07) is 20.6. The first-order valence-corrected chi connectivity index (χ1v) is 12.8. The van der Waals surface area contributed by atoms with Gasteiger partial charge in [-0.25, -0.2) is 4.79 Å². The Labute approximate surface area is 217 Å². The second-order valence-corrected chi connectivity index (χ2v) is 9.50. The maximum atomic E-state index is 13.5. The molecule has 7 heteroatoms. The number of carbonyl (C=O) groups is 3. The average Bonchev–Trinajstić information content (AvgIpc) is 2.91. The summed E-state index contributed by atoms with van der Waals surface area (Å²) in [5, 5.41) is 16.6. The zero-order valence-corrected chi connectivity index (χ0v) is 20.9. The molecule has 0 heterocycles. The van der Waals surface area contributed by atoms with Crippen molar-refractivity contribution in [3.05, 3.63) is 90.1 Å². The second-order valence-electron chi connectivity index (χ2n) is 9.50. The number of allylic oxidation sites excluding steroid dienone is 1. The number of hydrogen-bond acceptors (Lipinski definition) is 3. The molecule has 1 aliphatic carbocycles. The summed E-state index contributed by atoms with van der Waals surface area (Å²) in [6.45, 7) is 4.73. The third-order valence-electron chi connectivity index (χ3n) is 6.85. The highest BCUT2D eigenvalue weighted by molar-refractivity contribution is 5.95. The Morgan fingerprint density at radius 2 is 1.62 bits per heavy atom. The van der Waals surface area contributed by atoms with E-state index in [1.165, 1.54) is 6.42 Å². The maximum Gasteiger partial charge on any atom is 0.326 e. The van der Waals surface area contributed by atoms with E-state index in [4.69, 9.17) is 5.11 Å². The van der Waals surface area contributed by atoms with Crippen molar-refractivity contribution < 1.29 is 19.5 Å². The van der Waals surface area contributed by atoms with Crippen molar-refractivity contribution in [2.24, 2.45) is 5.92 Å². The standard InChI is InChI=1S/C30H33N3O4/c1-21(23-7-3-2-4-8-23)33(30(37)32-27-16-15-24-9-5-6-10-26(24)19-27)20-22-11-13-25(14-12-22)29(36)31-18-17-28(34)35/h5-6,9-16,19,23H,1-4,7-8,17-18,20H2,(H,31,36)(H,32,37)(H,34,35). The van der Waals surface area contributed by atoms with Gasteiger partial charge in [-0.05, 0) is 59.4 Å². The molecule has 3 aromatic rings. The number of urea groups is 1. The number of fused-ring (bicyclic) bond motifs is 1. The predicted molar refractivity (Wildman–Crippen MR) is 145 cm³/mol. The number of benzene rings is 3. The van der Waals surface area contributed by atoms with Gasteiger partial charge in [0.1, 0.15) is 0 Å². The van der Waals surface area contributed by atoms with E-state index in [9.17, 15) is 14.4 Å². The summed E-state index contributed by atoms with van der Waals surface area (Å²) < 4.78 is 0. The van der Waals surface area contributed by atoms with Gasteiger partial charge in [0.05, 0.1) is 13.0 Å². The Kier molecular flexibility index (Phi) is 8.56. The van der Waals surface area contributed by atoms with Gasteiger partial charge in [0.2, 0.25) is 0 Å². The van der Waals surface area contributed by atoms with Crippen LogP contribution in [0, 0.1) is 5.92 Å². The number of hydrogen-bond donors (Lipinski definition) is 3. The van der Waals surface area contributed by atoms with Crippen LogP contribution >= 0.6 is 0 Å². The summed E-state index contributed by atoms with van der Waals surface area (Å²) in [4.78, 5) is 38.2. The zero-order chi connectivity index (χ0) is 26.2. The van der Waals surface area contributed by atoms with Gasteiger partial charge >= 0.3 is 12.0 Å². The molecule has 1 saturated carbocycles. The van der Waals surface area contributed by atoms with Gasteiger partial charge in [-0.2, -0.15) is 0 Å². The van der Waals surface area contributed by atoms with Crippen molar-refractivity contribution >= 4 is 34.4 Å². The van der Waals surface area contributed by atoms with Gasteiger partial charge in [0.25, 0.3) is 5.91 Å². The SMILES string of the molecule is C=C(C1CCCCC1)N(Cc1ccc(C(=O)NCCC(=O)O)cc1)C(=O)Nc1ccc2ccccc2c1. The Morgan fingerprint density at radius 3 is 2.32 bits per heavy atom. The Bertz CT molecular complexity index is 1280. The molecule has 1 aliphatic rings. The van der Waals surface area contributed by atoms with Crippen LogP contribution in [0.5, 0.6) is 0 Å². The van der Waals surface area contributed by atoms with Gasteiger partial charge in [0.15, 0.2) is 0 Å². The van der Waals surface area contributed by atoms with E-state index in [0.717, 1.165) is 53.4 Å². The lowest BCUT2D eigenvalue weighted by molar-refractivity contribution is -0.136. The Balaban J connectivity index is 1.49. The third-order valence-corrected chi connectivity index (χ3v) is 6.85. The van der Waals surface area contributed by atoms with E-state index in [1.807, 2.05) is 54.6 Å². The largest absolute Gasteiger partial charge is 0.481 e. The molecule has 0 spiro atoms. The molecule has 3 amide bonds. The number of nitrogens with one attached hydrogen (secondary N) is 2. The van der Waals surface area contributed by atoms with E-state index in [1.54, 1.807) is 17.0 Å². The minimum atomic E-state index is -0.962. The van der Waals surface area contributed by atoms with Crippen LogP contribution in [-0.4, -0.2) is 34.5 Å². The van der Waals surface area contributed by atoms with Crippen molar-refractivity contribution in [3.63, 3.8) is 0 Å². The molecule has 4 rings (SSSR count). The van der Waals surface area contributed by atoms with Gasteiger partial charge < -0.3 is 15.7 Å². The molecular weight excluding hydrogens is 466 g/mol. The molecule has 1 fully saturated rings. The fourth-order valence-corrected chi connectivity index (χ4v) is 4.75. The monoisotopic (exact) mass is 499 g/mol. The number of anilines is 1. The molecule has 37 heavy (non-hydrogen) atoms.